The molecule has 2 saturated heterocycles. The number of likely N-dealkylation sites (tertiary alicyclic amines) is 1. The van der Waals surface area contributed by atoms with Crippen molar-refractivity contribution in [2.24, 2.45) is 11.7 Å². The van der Waals surface area contributed by atoms with Gasteiger partial charge in [-0.2, -0.15) is 0 Å². The third-order valence-electron chi connectivity index (χ3n) is 7.48. The highest BCUT2D eigenvalue weighted by Gasteiger charge is 2.23. The van der Waals surface area contributed by atoms with Gasteiger partial charge in [-0.15, -0.1) is 0 Å². The molecule has 2 N–H and O–H groups in total. The van der Waals surface area contributed by atoms with E-state index in [1.165, 1.54) is 7.11 Å². The number of methoxy groups -OCH3 is 1. The number of rotatable bonds is 8. The first-order chi connectivity index (χ1) is 19.3. The molecule has 4 heterocycles. The number of piperidine rings is 2. The number of nitrogens with zero attached hydrogens (tertiary/aromatic N) is 5. The molecule has 0 atom stereocenters. The fourth-order valence-electron chi connectivity index (χ4n) is 5.22. The summed E-state index contributed by atoms with van der Waals surface area (Å²) in [4.78, 5) is 30.0. The molecule has 0 amide bonds. The maximum Gasteiger partial charge on any atom is 0.305 e. The number of halogens is 2. The first-order valence-electron chi connectivity index (χ1n) is 13.6. The summed E-state index contributed by atoms with van der Waals surface area (Å²) in [7, 11) is 1.44. The Balaban J connectivity index is 1.33. The fraction of sp³-hybridized carbons (Fsp3) is 0.448. The van der Waals surface area contributed by atoms with Crippen LogP contribution in [0.5, 0.6) is 11.6 Å². The number of hydrogen-bond acceptors (Lipinski definition) is 9. The third kappa shape index (κ3) is 7.60. The van der Waals surface area contributed by atoms with Crippen LogP contribution in [0.15, 0.2) is 42.7 Å². The van der Waals surface area contributed by atoms with Crippen molar-refractivity contribution in [1.29, 1.82) is 0 Å². The molecule has 2 aliphatic heterocycles. The van der Waals surface area contributed by atoms with E-state index in [1.807, 2.05) is 24.3 Å². The number of ether oxygens (including phenoxy) is 2. The van der Waals surface area contributed by atoms with E-state index in [0.717, 1.165) is 69.5 Å². The zero-order valence-electron chi connectivity index (χ0n) is 22.6. The van der Waals surface area contributed by atoms with Gasteiger partial charge in [0.25, 0.3) is 0 Å². The SMILES string of the molecule is COC(=O)CC1CCN(Cc2cc(Oc3cnc(N4CCC(N)CC4)nc3)nc(-c3cc(Cl)cc(Cl)c3)c2)CC1. The normalized spacial score (nSPS) is 17.1. The molecule has 2 fully saturated rings. The molecule has 2 aliphatic rings. The number of pyridine rings is 1. The largest absolute Gasteiger partial charge is 0.469 e. The lowest BCUT2D eigenvalue weighted by molar-refractivity contribution is -0.142. The molecular weight excluding hydrogens is 551 g/mol. The topological polar surface area (TPSA) is 107 Å². The van der Waals surface area contributed by atoms with Crippen molar-refractivity contribution in [2.75, 3.05) is 38.2 Å². The Morgan fingerprint density at radius 2 is 1.65 bits per heavy atom. The van der Waals surface area contributed by atoms with Gasteiger partial charge in [0.2, 0.25) is 11.8 Å². The molecule has 5 rings (SSSR count). The maximum absolute atomic E-state index is 11.7. The average molecular weight is 586 g/mol. The first kappa shape index (κ1) is 28.5. The molecule has 0 radical (unpaired) electrons. The summed E-state index contributed by atoms with van der Waals surface area (Å²) < 4.78 is 11.0. The van der Waals surface area contributed by atoms with Crippen molar-refractivity contribution in [3.05, 3.63) is 58.3 Å². The first-order valence-corrected chi connectivity index (χ1v) is 14.4. The van der Waals surface area contributed by atoms with Gasteiger partial charge in [-0.3, -0.25) is 9.69 Å². The summed E-state index contributed by atoms with van der Waals surface area (Å²) in [5, 5.41) is 1.07. The number of carbonyl (C=O) groups is 1. The molecule has 1 aromatic carbocycles. The molecule has 0 spiro atoms. The van der Waals surface area contributed by atoms with E-state index in [9.17, 15) is 4.79 Å². The Morgan fingerprint density at radius 1 is 0.975 bits per heavy atom. The summed E-state index contributed by atoms with van der Waals surface area (Å²) in [5.41, 5.74) is 8.58. The predicted octanol–water partition coefficient (Wildman–Crippen LogP) is 5.34. The van der Waals surface area contributed by atoms with Gasteiger partial charge in [0.1, 0.15) is 0 Å². The summed E-state index contributed by atoms with van der Waals surface area (Å²) in [5.74, 6) is 1.82. The van der Waals surface area contributed by atoms with Crippen molar-refractivity contribution in [3.8, 4) is 22.9 Å². The molecule has 3 aromatic rings. The van der Waals surface area contributed by atoms with Crippen LogP contribution in [-0.2, 0) is 16.1 Å². The second kappa shape index (κ2) is 13.1. The second-order valence-electron chi connectivity index (χ2n) is 10.5. The highest BCUT2D eigenvalue weighted by molar-refractivity contribution is 6.35. The van der Waals surface area contributed by atoms with Crippen molar-refractivity contribution in [3.63, 3.8) is 0 Å². The van der Waals surface area contributed by atoms with Gasteiger partial charge in [0.05, 0.1) is 25.2 Å². The highest BCUT2D eigenvalue weighted by atomic mass is 35.5. The summed E-state index contributed by atoms with van der Waals surface area (Å²) in [6.07, 6.45) is 7.58. The standard InChI is InChI=1S/C29H34Cl2N6O3/c1-39-28(38)12-19-2-6-36(7-3-19)18-20-10-26(21-13-22(30)15-23(31)14-21)35-27(11-20)40-25-16-33-29(34-17-25)37-8-4-24(32)5-9-37/h10-11,13-17,19,24H,2-9,12,18,32H2,1H3. The molecule has 0 saturated carbocycles. The van der Waals surface area contributed by atoms with Crippen molar-refractivity contribution in [2.45, 2.75) is 44.7 Å². The van der Waals surface area contributed by atoms with E-state index >= 15 is 0 Å². The van der Waals surface area contributed by atoms with E-state index < -0.39 is 0 Å². The number of esters is 1. The van der Waals surface area contributed by atoms with E-state index in [1.54, 1.807) is 18.5 Å². The molecule has 0 aliphatic carbocycles. The van der Waals surface area contributed by atoms with Gasteiger partial charge in [-0.25, -0.2) is 15.0 Å². The van der Waals surface area contributed by atoms with Crippen LogP contribution in [0, 0.1) is 5.92 Å². The van der Waals surface area contributed by atoms with Crippen molar-refractivity contribution < 1.29 is 14.3 Å². The minimum Gasteiger partial charge on any atom is -0.469 e. The lowest BCUT2D eigenvalue weighted by atomic mass is 9.93. The lowest BCUT2D eigenvalue weighted by Crippen LogP contribution is -2.40. The fourth-order valence-corrected chi connectivity index (χ4v) is 5.75. The molecule has 212 valence electrons. The molecular formula is C29H34Cl2N6O3. The van der Waals surface area contributed by atoms with Gasteiger partial charge in [0, 0.05) is 53.8 Å². The van der Waals surface area contributed by atoms with Crippen LogP contribution in [0.25, 0.3) is 11.3 Å². The van der Waals surface area contributed by atoms with Gasteiger partial charge in [-0.05, 0) is 74.5 Å². The van der Waals surface area contributed by atoms with Gasteiger partial charge < -0.3 is 20.1 Å². The number of benzene rings is 1. The molecule has 2 aromatic heterocycles. The van der Waals surface area contributed by atoms with Crippen LogP contribution in [0.2, 0.25) is 10.0 Å². The van der Waals surface area contributed by atoms with E-state index in [4.69, 9.17) is 43.4 Å². The number of nitrogens with two attached hydrogens (primary N) is 1. The quantitative estimate of drug-likeness (QED) is 0.351. The molecule has 0 bridgehead atoms. The number of aromatic nitrogens is 3. The lowest BCUT2D eigenvalue weighted by Gasteiger charge is -2.31. The summed E-state index contributed by atoms with van der Waals surface area (Å²) >= 11 is 12.6. The second-order valence-corrected chi connectivity index (χ2v) is 11.4. The summed E-state index contributed by atoms with van der Waals surface area (Å²) in [6.45, 7) is 4.20. The summed E-state index contributed by atoms with van der Waals surface area (Å²) in [6, 6.07) is 9.59. The minimum absolute atomic E-state index is 0.142. The Hall–Kier alpha value is -2.98. The molecule has 11 heteroatoms. The van der Waals surface area contributed by atoms with Crippen LogP contribution in [-0.4, -0.2) is 65.2 Å². The smallest absolute Gasteiger partial charge is 0.305 e. The van der Waals surface area contributed by atoms with E-state index in [2.05, 4.69) is 19.8 Å². The van der Waals surface area contributed by atoms with E-state index in [-0.39, 0.29) is 12.0 Å². The molecule has 9 nitrogen and oxygen atoms in total. The zero-order valence-corrected chi connectivity index (χ0v) is 24.1. The van der Waals surface area contributed by atoms with Crippen LogP contribution < -0.4 is 15.4 Å². The Bertz CT molecular complexity index is 1290. The average Bonchev–Trinajstić information content (AvgIpc) is 2.94. The molecule has 0 unspecified atom stereocenters. The molecule has 40 heavy (non-hydrogen) atoms. The number of anilines is 1. The monoisotopic (exact) mass is 584 g/mol. The Morgan fingerprint density at radius 3 is 2.30 bits per heavy atom. The highest BCUT2D eigenvalue weighted by Crippen LogP contribution is 2.31. The third-order valence-corrected chi connectivity index (χ3v) is 7.91. The minimum atomic E-state index is -0.142. The Kier molecular flexibility index (Phi) is 9.36. The van der Waals surface area contributed by atoms with Crippen LogP contribution in [0.3, 0.4) is 0 Å². The van der Waals surface area contributed by atoms with Gasteiger partial charge in [-0.1, -0.05) is 23.2 Å². The van der Waals surface area contributed by atoms with E-state index in [0.29, 0.717) is 45.7 Å². The predicted molar refractivity (Wildman–Crippen MR) is 156 cm³/mol. The van der Waals surface area contributed by atoms with Gasteiger partial charge in [0.15, 0.2) is 5.75 Å². The maximum atomic E-state index is 11.7. The number of carbonyl (C=O) groups excluding carboxylic acids is 1. The van der Waals surface area contributed by atoms with Crippen molar-refractivity contribution >= 4 is 35.1 Å². The van der Waals surface area contributed by atoms with Crippen LogP contribution in [0.1, 0.15) is 37.7 Å². The Labute approximate surface area is 244 Å². The van der Waals surface area contributed by atoms with Crippen LogP contribution in [0.4, 0.5) is 5.95 Å². The number of hydrogen-bond donors (Lipinski definition) is 1. The van der Waals surface area contributed by atoms with Gasteiger partial charge >= 0.3 is 5.97 Å². The van der Waals surface area contributed by atoms with Crippen molar-refractivity contribution in [1.82, 2.24) is 19.9 Å². The van der Waals surface area contributed by atoms with Crippen LogP contribution >= 0.6 is 23.2 Å². The zero-order chi connectivity index (χ0) is 28.1.